The highest BCUT2D eigenvalue weighted by Crippen LogP contribution is 2.16. The van der Waals surface area contributed by atoms with Crippen LogP contribution in [0.1, 0.15) is 26.3 Å². The maximum Gasteiger partial charge on any atom is 0.348 e. The molecule has 0 N–H and O–H groups in total. The van der Waals surface area contributed by atoms with Crippen molar-refractivity contribution in [3.63, 3.8) is 0 Å². The van der Waals surface area contributed by atoms with Crippen molar-refractivity contribution in [2.45, 2.75) is 6.92 Å². The van der Waals surface area contributed by atoms with Gasteiger partial charge in [-0.3, -0.25) is 0 Å². The van der Waals surface area contributed by atoms with Crippen molar-refractivity contribution in [3.05, 3.63) is 34.9 Å². The summed E-state index contributed by atoms with van der Waals surface area (Å²) in [5.74, 6) is -1.12. The third kappa shape index (κ3) is 3.03. The van der Waals surface area contributed by atoms with Gasteiger partial charge >= 0.3 is 11.9 Å². The lowest BCUT2D eigenvalue weighted by molar-refractivity contribution is 0.0759. The molecule has 80 valence electrons. The largest absolute Gasteiger partial charge is 0.391 e. The van der Waals surface area contributed by atoms with Crippen LogP contribution in [0.2, 0.25) is 0 Å². The monoisotopic (exact) mass is 432 g/mol. The van der Waals surface area contributed by atoms with E-state index in [1.807, 2.05) is 6.92 Å². The fraction of sp³-hybridized carbons (Fsp3) is 0.111. The molecule has 1 rings (SSSR count). The van der Waals surface area contributed by atoms with Crippen LogP contribution in [0, 0.1) is 6.92 Å². The summed E-state index contributed by atoms with van der Waals surface area (Å²) in [7, 11) is 0. The Labute approximate surface area is 115 Å². The molecular weight excluding hydrogens is 426 g/mol. The van der Waals surface area contributed by atoms with Crippen molar-refractivity contribution in [1.29, 1.82) is 0 Å². The normalized spacial score (nSPS) is 9.53. The number of hydrogen-bond donors (Lipinski definition) is 0. The van der Waals surface area contributed by atoms with Crippen molar-refractivity contribution < 1.29 is 15.7 Å². The first-order chi connectivity index (χ1) is 7.10. The highest BCUT2D eigenvalue weighted by molar-refractivity contribution is 14.1. The van der Waals surface area contributed by atoms with E-state index in [2.05, 4.69) is 6.13 Å². The van der Waals surface area contributed by atoms with E-state index in [1.165, 1.54) is 46.0 Å². The van der Waals surface area contributed by atoms with Crippen molar-refractivity contribution in [1.82, 2.24) is 0 Å². The molecular formula is C9H6I2O4. The van der Waals surface area contributed by atoms with E-state index in [-0.39, 0.29) is 11.1 Å². The Hall–Kier alpha value is -0.380. The van der Waals surface area contributed by atoms with Gasteiger partial charge in [0.05, 0.1) is 11.1 Å². The Bertz CT molecular complexity index is 403. The second-order valence-corrected chi connectivity index (χ2v) is 3.66. The number of halogens is 2. The zero-order valence-electron chi connectivity index (χ0n) is 7.62. The third-order valence-corrected chi connectivity index (χ3v) is 2.56. The lowest BCUT2D eigenvalue weighted by Gasteiger charge is -2.04. The van der Waals surface area contributed by atoms with Crippen LogP contribution in [0.4, 0.5) is 0 Å². The lowest BCUT2D eigenvalue weighted by atomic mass is 10.0. The molecule has 0 saturated heterocycles. The van der Waals surface area contributed by atoms with E-state index < -0.39 is 11.9 Å². The molecule has 0 aliphatic heterocycles. The number of benzene rings is 1. The predicted octanol–water partition coefficient (Wildman–Crippen LogP) is 3.01. The average Bonchev–Trinajstić information content (AvgIpc) is 2.26. The van der Waals surface area contributed by atoms with E-state index in [1.54, 1.807) is 18.2 Å². The SMILES string of the molecule is Cc1ccc(C(=O)OI)c(C(=O)OI)c1. The molecule has 1 aromatic rings. The summed E-state index contributed by atoms with van der Waals surface area (Å²) in [6, 6.07) is 4.86. The maximum atomic E-state index is 11.4. The number of hydrogen-bond acceptors (Lipinski definition) is 4. The van der Waals surface area contributed by atoms with Crippen LogP contribution in [-0.4, -0.2) is 11.9 Å². The number of carbonyl (C=O) groups excluding carboxylic acids is 2. The minimum Gasteiger partial charge on any atom is -0.391 e. The Morgan fingerprint density at radius 2 is 1.60 bits per heavy atom. The first-order valence-electron chi connectivity index (χ1n) is 3.86. The van der Waals surface area contributed by atoms with E-state index in [9.17, 15) is 9.59 Å². The molecule has 0 amide bonds. The molecule has 0 aliphatic rings. The third-order valence-electron chi connectivity index (χ3n) is 1.76. The standard InChI is InChI=1S/C9H6I2O4/c1-5-2-3-6(8(12)14-10)7(4-5)9(13)15-11/h2-4H,1H3. The van der Waals surface area contributed by atoms with Crippen LogP contribution in [-0.2, 0) is 6.13 Å². The molecule has 0 aliphatic carbocycles. The van der Waals surface area contributed by atoms with Crippen LogP contribution in [0.25, 0.3) is 0 Å². The van der Waals surface area contributed by atoms with Crippen LogP contribution in [0.5, 0.6) is 0 Å². The highest BCUT2D eigenvalue weighted by Gasteiger charge is 2.18. The molecule has 0 atom stereocenters. The Balaban J connectivity index is 3.26. The lowest BCUT2D eigenvalue weighted by Crippen LogP contribution is -2.09. The van der Waals surface area contributed by atoms with Crippen LogP contribution < -0.4 is 0 Å². The van der Waals surface area contributed by atoms with Gasteiger partial charge in [0.15, 0.2) is 46.0 Å². The molecule has 0 spiro atoms. The molecule has 0 aromatic heterocycles. The van der Waals surface area contributed by atoms with Gasteiger partial charge in [0.25, 0.3) is 0 Å². The van der Waals surface area contributed by atoms with Crippen molar-refractivity contribution in [2.24, 2.45) is 0 Å². The van der Waals surface area contributed by atoms with Crippen LogP contribution in [0.3, 0.4) is 0 Å². The Kier molecular flexibility index (Phi) is 4.77. The maximum absolute atomic E-state index is 11.4. The molecule has 6 heteroatoms. The number of rotatable bonds is 2. The molecule has 15 heavy (non-hydrogen) atoms. The van der Waals surface area contributed by atoms with E-state index >= 15 is 0 Å². The summed E-state index contributed by atoms with van der Waals surface area (Å²) in [5, 5.41) is 0. The van der Waals surface area contributed by atoms with Crippen LogP contribution >= 0.6 is 46.0 Å². The summed E-state index contributed by atoms with van der Waals surface area (Å²) in [6.07, 6.45) is 0. The Morgan fingerprint density at radius 1 is 1.07 bits per heavy atom. The van der Waals surface area contributed by atoms with E-state index in [0.29, 0.717) is 0 Å². The second kappa shape index (κ2) is 5.64. The van der Waals surface area contributed by atoms with Gasteiger partial charge in [0, 0.05) is 0 Å². The minimum atomic E-state index is -0.563. The first kappa shape index (κ1) is 12.7. The molecule has 0 bridgehead atoms. The topological polar surface area (TPSA) is 52.6 Å². The molecule has 0 fully saturated rings. The molecule has 0 unspecified atom stereocenters. The van der Waals surface area contributed by atoms with Crippen molar-refractivity contribution in [2.75, 3.05) is 0 Å². The fourth-order valence-electron chi connectivity index (χ4n) is 1.09. The summed E-state index contributed by atoms with van der Waals surface area (Å²) in [6.45, 7) is 1.82. The number of aryl methyl sites for hydroxylation is 1. The van der Waals surface area contributed by atoms with Gasteiger partial charge < -0.3 is 6.13 Å². The molecule has 1 aromatic carbocycles. The zero-order valence-corrected chi connectivity index (χ0v) is 11.9. The molecule has 0 heterocycles. The van der Waals surface area contributed by atoms with Gasteiger partial charge in [-0.2, -0.15) is 0 Å². The van der Waals surface area contributed by atoms with Gasteiger partial charge in [-0.1, -0.05) is 11.6 Å². The quantitative estimate of drug-likeness (QED) is 0.675. The van der Waals surface area contributed by atoms with Gasteiger partial charge in [0.1, 0.15) is 0 Å². The van der Waals surface area contributed by atoms with Crippen LogP contribution in [0.15, 0.2) is 18.2 Å². The van der Waals surface area contributed by atoms with Gasteiger partial charge in [-0.15, -0.1) is 0 Å². The number of carbonyl (C=O) groups is 2. The highest BCUT2D eigenvalue weighted by atomic mass is 127. The van der Waals surface area contributed by atoms with Gasteiger partial charge in [-0.05, 0) is 19.1 Å². The summed E-state index contributed by atoms with van der Waals surface area (Å²) in [5.41, 5.74) is 1.29. The smallest absolute Gasteiger partial charge is 0.348 e. The van der Waals surface area contributed by atoms with Crippen molar-refractivity contribution in [3.8, 4) is 0 Å². The summed E-state index contributed by atoms with van der Waals surface area (Å²) < 4.78 is 9.08. The van der Waals surface area contributed by atoms with E-state index in [4.69, 9.17) is 0 Å². The first-order valence-corrected chi connectivity index (χ1v) is 5.62. The molecule has 0 saturated carbocycles. The average molecular weight is 432 g/mol. The summed E-state index contributed by atoms with van der Waals surface area (Å²) >= 11 is 2.95. The van der Waals surface area contributed by atoms with Crippen molar-refractivity contribution >= 4 is 58.0 Å². The minimum absolute atomic E-state index is 0.205. The van der Waals surface area contributed by atoms with Gasteiger partial charge in [0.2, 0.25) is 0 Å². The van der Waals surface area contributed by atoms with E-state index in [0.717, 1.165) is 5.56 Å². The fourth-order valence-corrected chi connectivity index (χ4v) is 1.56. The van der Waals surface area contributed by atoms with Gasteiger partial charge in [-0.25, -0.2) is 9.59 Å². The predicted molar refractivity (Wildman–Crippen MR) is 70.1 cm³/mol. The Morgan fingerprint density at radius 3 is 2.13 bits per heavy atom. The zero-order chi connectivity index (χ0) is 11.4. The molecule has 4 nitrogen and oxygen atoms in total. The second-order valence-electron chi connectivity index (χ2n) is 2.78. The molecule has 0 radical (unpaired) electrons. The summed E-state index contributed by atoms with van der Waals surface area (Å²) in [4.78, 5) is 22.7.